The molecule has 0 saturated heterocycles. The third-order valence-corrected chi connectivity index (χ3v) is 7.48. The van der Waals surface area contributed by atoms with Gasteiger partial charge in [0.2, 0.25) is 5.91 Å². The van der Waals surface area contributed by atoms with Crippen molar-refractivity contribution in [2.45, 2.75) is 50.4 Å². The Balaban J connectivity index is 1.35. The summed E-state index contributed by atoms with van der Waals surface area (Å²) in [6.45, 7) is 0.652. The first-order valence-electron chi connectivity index (χ1n) is 10.6. The van der Waals surface area contributed by atoms with E-state index in [0.717, 1.165) is 37.2 Å². The van der Waals surface area contributed by atoms with E-state index in [2.05, 4.69) is 29.6 Å². The first-order chi connectivity index (χ1) is 13.6. The second-order valence-corrected chi connectivity index (χ2v) is 9.34. The molecule has 2 aromatic rings. The zero-order chi connectivity index (χ0) is 19.2. The van der Waals surface area contributed by atoms with E-state index < -0.39 is 0 Å². The van der Waals surface area contributed by atoms with Crippen molar-refractivity contribution in [1.82, 2.24) is 5.32 Å². The number of amides is 1. The van der Waals surface area contributed by atoms with Gasteiger partial charge in [-0.25, -0.2) is 0 Å². The van der Waals surface area contributed by atoms with Crippen molar-refractivity contribution in [2.24, 2.45) is 17.3 Å². The van der Waals surface area contributed by atoms with Gasteiger partial charge in [-0.2, -0.15) is 0 Å². The van der Waals surface area contributed by atoms with Gasteiger partial charge in [-0.15, -0.1) is 0 Å². The molecular formula is C24H29NO3. The molecule has 4 aliphatic rings. The van der Waals surface area contributed by atoms with Crippen LogP contribution in [0.25, 0.3) is 0 Å². The van der Waals surface area contributed by atoms with Gasteiger partial charge in [0.15, 0.2) is 0 Å². The van der Waals surface area contributed by atoms with Gasteiger partial charge in [0.1, 0.15) is 11.5 Å². The van der Waals surface area contributed by atoms with Crippen molar-refractivity contribution in [3.8, 4) is 5.75 Å². The van der Waals surface area contributed by atoms with Crippen molar-refractivity contribution in [3.63, 3.8) is 0 Å². The molecular weight excluding hydrogens is 350 g/mol. The van der Waals surface area contributed by atoms with Crippen molar-refractivity contribution >= 4 is 5.91 Å². The summed E-state index contributed by atoms with van der Waals surface area (Å²) in [6, 6.07) is 12.5. The third kappa shape index (κ3) is 2.94. The molecule has 4 nitrogen and oxygen atoms in total. The van der Waals surface area contributed by atoms with Gasteiger partial charge in [-0.05, 0) is 85.6 Å². The molecule has 4 fully saturated rings. The van der Waals surface area contributed by atoms with Gasteiger partial charge in [0.25, 0.3) is 0 Å². The van der Waals surface area contributed by atoms with Crippen LogP contribution in [-0.2, 0) is 16.6 Å². The summed E-state index contributed by atoms with van der Waals surface area (Å²) in [4.78, 5) is 13.3. The third-order valence-electron chi connectivity index (χ3n) is 7.48. The second kappa shape index (κ2) is 6.68. The Kier molecular flexibility index (Phi) is 4.26. The minimum absolute atomic E-state index is 0.161. The van der Waals surface area contributed by atoms with Crippen LogP contribution < -0.4 is 10.1 Å². The maximum Gasteiger partial charge on any atom is 0.226 e. The monoisotopic (exact) mass is 379 g/mol. The molecule has 4 aliphatic carbocycles. The molecule has 1 amide bonds. The average Bonchev–Trinajstić information content (AvgIpc) is 3.20. The summed E-state index contributed by atoms with van der Waals surface area (Å²) in [5.74, 6) is 3.46. The molecule has 0 spiro atoms. The van der Waals surface area contributed by atoms with Gasteiger partial charge in [0.05, 0.1) is 18.8 Å². The first-order valence-corrected chi connectivity index (χ1v) is 10.6. The zero-order valence-electron chi connectivity index (χ0n) is 16.6. The van der Waals surface area contributed by atoms with Crippen LogP contribution in [0.4, 0.5) is 0 Å². The smallest absolute Gasteiger partial charge is 0.226 e. The Morgan fingerprint density at radius 2 is 1.89 bits per heavy atom. The van der Waals surface area contributed by atoms with E-state index in [0.29, 0.717) is 18.4 Å². The van der Waals surface area contributed by atoms with E-state index in [1.807, 2.05) is 12.1 Å². The fraction of sp³-hybridized carbons (Fsp3) is 0.542. The molecule has 28 heavy (non-hydrogen) atoms. The van der Waals surface area contributed by atoms with E-state index in [-0.39, 0.29) is 16.7 Å². The number of furan rings is 1. The van der Waals surface area contributed by atoms with Crippen LogP contribution in [0.15, 0.2) is 47.1 Å². The summed E-state index contributed by atoms with van der Waals surface area (Å²) >= 11 is 0. The predicted octanol–water partition coefficient (Wildman–Crippen LogP) is 4.49. The quantitative estimate of drug-likeness (QED) is 0.805. The number of hydrogen-bond acceptors (Lipinski definition) is 3. The molecule has 148 valence electrons. The summed E-state index contributed by atoms with van der Waals surface area (Å²) < 4.78 is 10.7. The zero-order valence-corrected chi connectivity index (χ0v) is 16.6. The molecule has 2 atom stereocenters. The lowest BCUT2D eigenvalue weighted by Crippen LogP contribution is -2.59. The molecule has 4 bridgehead atoms. The number of carbonyl (C=O) groups excluding carboxylic acids is 1. The van der Waals surface area contributed by atoms with Crippen LogP contribution in [0, 0.1) is 17.3 Å². The lowest BCUT2D eigenvalue weighted by Gasteiger charge is -2.61. The maximum absolute atomic E-state index is 13.3. The van der Waals surface area contributed by atoms with Crippen molar-refractivity contribution in [1.29, 1.82) is 0 Å². The van der Waals surface area contributed by atoms with Gasteiger partial charge >= 0.3 is 0 Å². The van der Waals surface area contributed by atoms with Crippen molar-refractivity contribution in [3.05, 3.63) is 54.0 Å². The standard InChI is InChI=1S/C24H29NO3/c1-27-20-6-4-19(5-7-20)23-12-17-11-18(13-23)15-24(14-17,16-23)22(26)25-9-8-21-3-2-10-28-21/h2-7,10,17-18H,8-9,11-16H2,1H3,(H,25,26). The van der Waals surface area contributed by atoms with Crippen LogP contribution >= 0.6 is 0 Å². The summed E-state index contributed by atoms with van der Waals surface area (Å²) in [7, 11) is 1.71. The SMILES string of the molecule is COc1ccc(C23CC4CC(CC(C(=O)NCCc5ccco5)(C4)C2)C3)cc1. The highest BCUT2D eigenvalue weighted by Gasteiger charge is 2.60. The topological polar surface area (TPSA) is 51.5 Å². The van der Waals surface area contributed by atoms with Crippen molar-refractivity contribution in [2.75, 3.05) is 13.7 Å². The number of hydrogen-bond donors (Lipinski definition) is 1. The van der Waals surface area contributed by atoms with Crippen LogP contribution in [0.2, 0.25) is 0 Å². The van der Waals surface area contributed by atoms with Gasteiger partial charge in [-0.3, -0.25) is 4.79 Å². The van der Waals surface area contributed by atoms with E-state index in [1.165, 1.54) is 24.8 Å². The van der Waals surface area contributed by atoms with Crippen LogP contribution in [0.5, 0.6) is 5.75 Å². The van der Waals surface area contributed by atoms with E-state index in [1.54, 1.807) is 13.4 Å². The summed E-state index contributed by atoms with van der Waals surface area (Å²) in [6.07, 6.45) is 9.34. The molecule has 2 unspecified atom stereocenters. The maximum atomic E-state index is 13.3. The minimum atomic E-state index is -0.187. The highest BCUT2D eigenvalue weighted by molar-refractivity contribution is 5.83. The van der Waals surface area contributed by atoms with E-state index >= 15 is 0 Å². The second-order valence-electron chi connectivity index (χ2n) is 9.34. The lowest BCUT2D eigenvalue weighted by molar-refractivity contribution is -0.149. The molecule has 1 N–H and O–H groups in total. The van der Waals surface area contributed by atoms with Gasteiger partial charge in [0, 0.05) is 13.0 Å². The largest absolute Gasteiger partial charge is 0.497 e. The van der Waals surface area contributed by atoms with Crippen LogP contribution in [0.1, 0.15) is 49.8 Å². The number of benzene rings is 1. The van der Waals surface area contributed by atoms with Crippen molar-refractivity contribution < 1.29 is 13.9 Å². The van der Waals surface area contributed by atoms with E-state index in [9.17, 15) is 4.79 Å². The molecule has 4 heteroatoms. The first kappa shape index (κ1) is 17.8. The number of ether oxygens (including phenoxy) is 1. The van der Waals surface area contributed by atoms with Crippen LogP contribution in [0.3, 0.4) is 0 Å². The number of nitrogens with one attached hydrogen (secondary N) is 1. The Morgan fingerprint density at radius 1 is 1.14 bits per heavy atom. The highest BCUT2D eigenvalue weighted by atomic mass is 16.5. The number of rotatable bonds is 6. The molecule has 1 aromatic heterocycles. The molecule has 1 aromatic carbocycles. The Morgan fingerprint density at radius 3 is 2.54 bits per heavy atom. The average molecular weight is 380 g/mol. The highest BCUT2D eigenvalue weighted by Crippen LogP contribution is 2.65. The molecule has 6 rings (SSSR count). The van der Waals surface area contributed by atoms with Gasteiger partial charge < -0.3 is 14.5 Å². The molecule has 1 heterocycles. The Bertz CT molecular complexity index is 825. The molecule has 0 radical (unpaired) electrons. The normalized spacial score (nSPS) is 33.0. The van der Waals surface area contributed by atoms with Gasteiger partial charge in [-0.1, -0.05) is 12.1 Å². The summed E-state index contributed by atoms with van der Waals surface area (Å²) in [5.41, 5.74) is 1.37. The molecule has 4 saturated carbocycles. The minimum Gasteiger partial charge on any atom is -0.497 e. The fourth-order valence-electron chi connectivity index (χ4n) is 6.75. The number of methoxy groups -OCH3 is 1. The predicted molar refractivity (Wildman–Crippen MR) is 107 cm³/mol. The van der Waals surface area contributed by atoms with E-state index in [4.69, 9.17) is 9.15 Å². The molecule has 0 aliphatic heterocycles. The summed E-state index contributed by atoms with van der Waals surface area (Å²) in [5, 5.41) is 3.25. The lowest BCUT2D eigenvalue weighted by atomic mass is 9.42. The Labute approximate surface area is 166 Å². The fourth-order valence-corrected chi connectivity index (χ4v) is 6.75. The van der Waals surface area contributed by atoms with Crippen LogP contribution in [-0.4, -0.2) is 19.6 Å². The number of carbonyl (C=O) groups is 1. The Hall–Kier alpha value is -2.23.